The first-order chi connectivity index (χ1) is 24.4. The van der Waals surface area contributed by atoms with E-state index >= 15 is 4.39 Å². The van der Waals surface area contributed by atoms with E-state index in [1.54, 1.807) is 43.5 Å². The molecule has 0 aliphatic carbocycles. The number of hydrogen-bond acceptors (Lipinski definition) is 10. The van der Waals surface area contributed by atoms with Gasteiger partial charge in [-0.1, -0.05) is 54.6 Å². The fraction of sp³-hybridized carbons (Fsp3) is 0.263. The predicted octanol–water partition coefficient (Wildman–Crippen LogP) is 5.86. The van der Waals surface area contributed by atoms with Crippen LogP contribution in [0, 0.1) is 5.82 Å². The molecule has 50 heavy (non-hydrogen) atoms. The van der Waals surface area contributed by atoms with E-state index in [2.05, 4.69) is 25.5 Å². The summed E-state index contributed by atoms with van der Waals surface area (Å²) in [6.45, 7) is 4.67. The zero-order chi connectivity index (χ0) is 34.9. The Hall–Kier alpha value is -5.43. The van der Waals surface area contributed by atoms with E-state index in [4.69, 9.17) is 14.2 Å². The average molecular weight is 679 g/mol. The number of carbonyl (C=O) groups is 2. The van der Waals surface area contributed by atoms with Crippen LogP contribution >= 0.6 is 0 Å². The van der Waals surface area contributed by atoms with Crippen LogP contribution in [-0.2, 0) is 16.1 Å². The van der Waals surface area contributed by atoms with Gasteiger partial charge in [-0.05, 0) is 42.4 Å². The Kier molecular flexibility index (Phi) is 11.2. The molecular weight excluding hydrogens is 639 g/mol. The van der Waals surface area contributed by atoms with Crippen molar-refractivity contribution >= 4 is 40.3 Å². The highest BCUT2D eigenvalue weighted by molar-refractivity contribution is 5.96. The van der Waals surface area contributed by atoms with Crippen LogP contribution in [0.3, 0.4) is 0 Å². The number of hydrogen-bond donors (Lipinski definition) is 2. The van der Waals surface area contributed by atoms with E-state index in [9.17, 15) is 9.59 Å². The van der Waals surface area contributed by atoms with Gasteiger partial charge in [-0.25, -0.2) is 14.4 Å². The number of fused-ring (bicyclic) bond motifs is 1. The van der Waals surface area contributed by atoms with Crippen molar-refractivity contribution in [3.05, 3.63) is 114 Å². The summed E-state index contributed by atoms with van der Waals surface area (Å²) in [7, 11) is 3.38. The molecule has 1 unspecified atom stereocenters. The summed E-state index contributed by atoms with van der Waals surface area (Å²) in [5, 5.41) is 6.58. The normalized spacial score (nSPS) is 13.9. The molecule has 5 aromatic rings. The smallest absolute Gasteiger partial charge is 0.246 e. The lowest BCUT2D eigenvalue weighted by Gasteiger charge is -2.28. The topological polar surface area (TPSA) is 118 Å². The van der Waals surface area contributed by atoms with Crippen molar-refractivity contribution in [3.8, 4) is 11.5 Å². The van der Waals surface area contributed by atoms with Crippen LogP contribution in [0.25, 0.3) is 10.9 Å². The first kappa shape index (κ1) is 34.4. The number of carbonyl (C=O) groups excluding carboxylic acids is 2. The van der Waals surface area contributed by atoms with Gasteiger partial charge in [0, 0.05) is 48.9 Å². The molecule has 2 N–H and O–H groups in total. The molecule has 1 amide bonds. The number of methoxy groups -OCH3 is 1. The molecule has 11 nitrogen and oxygen atoms in total. The zero-order valence-electron chi connectivity index (χ0n) is 28.0. The molecule has 1 saturated heterocycles. The molecule has 0 saturated carbocycles. The Labute approximate surface area is 290 Å². The van der Waals surface area contributed by atoms with Gasteiger partial charge in [-0.3, -0.25) is 19.4 Å². The molecule has 6 rings (SSSR count). The number of nitrogens with one attached hydrogen (secondary N) is 2. The van der Waals surface area contributed by atoms with Crippen LogP contribution < -0.4 is 20.1 Å². The highest BCUT2D eigenvalue weighted by Gasteiger charge is 2.26. The summed E-state index contributed by atoms with van der Waals surface area (Å²) in [4.78, 5) is 38.3. The molecule has 2 heterocycles. The number of morpholine rings is 1. The van der Waals surface area contributed by atoms with Crippen molar-refractivity contribution in [2.45, 2.75) is 12.6 Å². The van der Waals surface area contributed by atoms with Gasteiger partial charge in [-0.15, -0.1) is 0 Å². The van der Waals surface area contributed by atoms with Crippen LogP contribution in [0.4, 0.5) is 21.6 Å². The van der Waals surface area contributed by atoms with E-state index in [1.807, 2.05) is 54.4 Å². The van der Waals surface area contributed by atoms with Crippen LogP contribution in [0.15, 0.2) is 91.3 Å². The Morgan fingerprint density at radius 3 is 2.56 bits per heavy atom. The van der Waals surface area contributed by atoms with Crippen LogP contribution in [0.1, 0.15) is 27.5 Å². The average Bonchev–Trinajstić information content (AvgIpc) is 3.14. The highest BCUT2D eigenvalue weighted by atomic mass is 19.1. The summed E-state index contributed by atoms with van der Waals surface area (Å²) < 4.78 is 32.7. The Bertz CT molecular complexity index is 1940. The molecule has 12 heteroatoms. The first-order valence-electron chi connectivity index (χ1n) is 16.3. The Morgan fingerprint density at radius 2 is 1.80 bits per heavy atom. The van der Waals surface area contributed by atoms with Gasteiger partial charge in [0.15, 0.2) is 11.5 Å². The summed E-state index contributed by atoms with van der Waals surface area (Å²) >= 11 is 0. The van der Waals surface area contributed by atoms with Crippen LogP contribution in [0.5, 0.6) is 11.5 Å². The van der Waals surface area contributed by atoms with Crippen LogP contribution in [0.2, 0.25) is 0 Å². The minimum atomic E-state index is -0.716. The second-order valence-electron chi connectivity index (χ2n) is 11.9. The number of benzene rings is 4. The summed E-state index contributed by atoms with van der Waals surface area (Å²) in [5.41, 5.74) is 3.15. The second-order valence-corrected chi connectivity index (χ2v) is 11.9. The van der Waals surface area contributed by atoms with Gasteiger partial charge in [0.25, 0.3) is 0 Å². The van der Waals surface area contributed by atoms with Gasteiger partial charge in [0.2, 0.25) is 5.91 Å². The van der Waals surface area contributed by atoms with E-state index in [1.165, 1.54) is 12.4 Å². The number of aromatic nitrogens is 2. The van der Waals surface area contributed by atoms with E-state index in [0.29, 0.717) is 60.1 Å². The van der Waals surface area contributed by atoms with Crippen LogP contribution in [-0.4, -0.2) is 85.6 Å². The molecular formula is C38H39FN6O5. The number of likely N-dealkylation sites (N-methyl/N-ethyl adjacent to an activating group) is 1. The molecule has 0 radical (unpaired) electrons. The molecule has 0 bridgehead atoms. The van der Waals surface area contributed by atoms with E-state index < -0.39 is 11.9 Å². The first-order valence-corrected chi connectivity index (χ1v) is 16.3. The third kappa shape index (κ3) is 8.23. The van der Waals surface area contributed by atoms with Gasteiger partial charge in [0.05, 0.1) is 31.5 Å². The summed E-state index contributed by atoms with van der Waals surface area (Å²) in [5.74, 6) is 0.502. The number of aldehydes is 1. The maximum Gasteiger partial charge on any atom is 0.246 e. The van der Waals surface area contributed by atoms with Crippen molar-refractivity contribution in [3.63, 3.8) is 0 Å². The maximum atomic E-state index is 15.6. The lowest BCUT2D eigenvalue weighted by Crippen LogP contribution is -2.38. The minimum absolute atomic E-state index is 0.163. The molecule has 1 atom stereocenters. The standard InChI is InChI=1S/C38H39FN6O5/c1-44(23-27-10-6-7-11-28(27)24-46)36(26-8-4-3-5-9-26)38(47)42-29-12-13-32(31(39)20-29)43-37-30-21-35(34(48-2)22-33(30)40-25-41-37)50-19-16-45-14-17-49-18-15-45/h3-13,20-22,24-25,36H,14-19,23H2,1-2H3,(H,42,47)(H,40,41,43). The fourth-order valence-electron chi connectivity index (χ4n) is 5.97. The molecule has 4 aromatic carbocycles. The molecule has 1 aliphatic heterocycles. The van der Waals surface area contributed by atoms with Gasteiger partial charge in [0.1, 0.15) is 36.9 Å². The maximum absolute atomic E-state index is 15.6. The van der Waals surface area contributed by atoms with Gasteiger partial charge < -0.3 is 24.8 Å². The SMILES string of the molecule is COc1cc2ncnc(Nc3ccc(NC(=O)C(c4ccccc4)N(C)Cc4ccccc4C=O)cc3F)c2cc1OCCN1CCOCC1. The quantitative estimate of drug-likeness (QED) is 0.138. The monoisotopic (exact) mass is 678 g/mol. The number of amides is 1. The lowest BCUT2D eigenvalue weighted by atomic mass is 10.0. The van der Waals surface area contributed by atoms with Crippen molar-refractivity contribution in [2.24, 2.45) is 0 Å². The number of halogens is 1. The lowest BCUT2D eigenvalue weighted by molar-refractivity contribution is -0.121. The van der Waals surface area contributed by atoms with Crippen molar-refractivity contribution in [1.82, 2.24) is 19.8 Å². The van der Waals surface area contributed by atoms with Crippen molar-refractivity contribution in [2.75, 3.05) is 64.2 Å². The van der Waals surface area contributed by atoms with E-state index in [0.717, 1.165) is 37.0 Å². The van der Waals surface area contributed by atoms with Gasteiger partial charge >= 0.3 is 0 Å². The zero-order valence-corrected chi connectivity index (χ0v) is 28.0. The molecule has 258 valence electrons. The second kappa shape index (κ2) is 16.3. The summed E-state index contributed by atoms with van der Waals surface area (Å²) in [6.07, 6.45) is 2.20. The molecule has 0 spiro atoms. The Balaban J connectivity index is 1.18. The number of nitrogens with zero attached hydrogens (tertiary/aromatic N) is 4. The molecule has 1 aliphatic rings. The minimum Gasteiger partial charge on any atom is -0.493 e. The fourth-order valence-corrected chi connectivity index (χ4v) is 5.97. The van der Waals surface area contributed by atoms with Gasteiger partial charge in [-0.2, -0.15) is 0 Å². The van der Waals surface area contributed by atoms with E-state index in [-0.39, 0.29) is 17.3 Å². The molecule has 1 aromatic heterocycles. The van der Waals surface area contributed by atoms with Crippen molar-refractivity contribution < 1.29 is 28.2 Å². The third-order valence-corrected chi connectivity index (χ3v) is 8.59. The predicted molar refractivity (Wildman–Crippen MR) is 190 cm³/mol. The Morgan fingerprint density at radius 1 is 1.02 bits per heavy atom. The third-order valence-electron chi connectivity index (χ3n) is 8.59. The number of anilines is 3. The highest BCUT2D eigenvalue weighted by Crippen LogP contribution is 2.35. The summed E-state index contributed by atoms with van der Waals surface area (Å²) in [6, 6.07) is 23.8. The molecule has 1 fully saturated rings. The van der Waals surface area contributed by atoms with Crippen molar-refractivity contribution in [1.29, 1.82) is 0 Å². The number of rotatable bonds is 14. The largest absolute Gasteiger partial charge is 0.493 e. The number of ether oxygens (including phenoxy) is 3.